The maximum Gasteiger partial charge on any atom is 0.222 e. The van der Waals surface area contributed by atoms with E-state index in [1.165, 1.54) is 17.3 Å². The molecule has 2 heterocycles. The largest absolute Gasteiger partial charge is 0.353 e. The van der Waals surface area contributed by atoms with Gasteiger partial charge in [-0.2, -0.15) is 0 Å². The SMILES string of the molecule is CN=C(NC1CC1c1ccccc1F)N1CC(CCN2CCCC2=O)c2ccccc21.I. The second-order valence-electron chi connectivity index (χ2n) is 8.80. The van der Waals surface area contributed by atoms with Crippen LogP contribution in [0.2, 0.25) is 0 Å². The molecular weight excluding hydrogens is 518 g/mol. The summed E-state index contributed by atoms with van der Waals surface area (Å²) in [6.45, 7) is 2.55. The van der Waals surface area contributed by atoms with E-state index in [1.807, 2.05) is 24.1 Å². The summed E-state index contributed by atoms with van der Waals surface area (Å²) < 4.78 is 14.2. The summed E-state index contributed by atoms with van der Waals surface area (Å²) in [5.41, 5.74) is 3.28. The number of nitrogens with zero attached hydrogens (tertiary/aromatic N) is 3. The van der Waals surface area contributed by atoms with Gasteiger partial charge in [0.1, 0.15) is 5.82 Å². The number of guanidine groups is 1. The Bertz CT molecular complexity index is 1010. The monoisotopic (exact) mass is 548 g/mol. The summed E-state index contributed by atoms with van der Waals surface area (Å²) in [6, 6.07) is 15.7. The molecule has 7 heteroatoms. The van der Waals surface area contributed by atoms with Crippen LogP contribution >= 0.6 is 24.0 Å². The number of nitrogens with one attached hydrogen (secondary N) is 1. The Hall–Kier alpha value is -2.16. The van der Waals surface area contributed by atoms with E-state index in [-0.39, 0.29) is 47.7 Å². The summed E-state index contributed by atoms with van der Waals surface area (Å²) in [6.07, 6.45) is 3.54. The second kappa shape index (κ2) is 9.77. The number of hydrogen-bond donors (Lipinski definition) is 1. The minimum atomic E-state index is -0.130. The number of halogens is 2. The predicted molar refractivity (Wildman–Crippen MR) is 136 cm³/mol. The second-order valence-corrected chi connectivity index (χ2v) is 8.80. The molecule has 1 saturated heterocycles. The molecule has 0 aromatic heterocycles. The van der Waals surface area contributed by atoms with Crippen LogP contribution < -0.4 is 10.2 Å². The van der Waals surface area contributed by atoms with Crippen LogP contribution in [0, 0.1) is 5.82 Å². The Balaban J connectivity index is 0.00000245. The zero-order valence-electron chi connectivity index (χ0n) is 18.3. The van der Waals surface area contributed by atoms with Gasteiger partial charge in [0, 0.05) is 56.7 Å². The first-order valence-electron chi connectivity index (χ1n) is 11.3. The van der Waals surface area contributed by atoms with E-state index in [4.69, 9.17) is 0 Å². The molecule has 0 radical (unpaired) electrons. The normalized spacial score (nSPS) is 24.4. The Labute approximate surface area is 206 Å². The number of benzene rings is 2. The fraction of sp³-hybridized carbons (Fsp3) is 0.440. The van der Waals surface area contributed by atoms with Crippen LogP contribution in [-0.4, -0.2) is 49.5 Å². The van der Waals surface area contributed by atoms with Crippen LogP contribution in [0.3, 0.4) is 0 Å². The molecule has 0 spiro atoms. The molecule has 1 saturated carbocycles. The lowest BCUT2D eigenvalue weighted by molar-refractivity contribution is -0.127. The first-order valence-corrected chi connectivity index (χ1v) is 11.3. The van der Waals surface area contributed by atoms with Gasteiger partial charge in [-0.1, -0.05) is 36.4 Å². The highest BCUT2D eigenvalue weighted by molar-refractivity contribution is 14.0. The van der Waals surface area contributed by atoms with Crippen molar-refractivity contribution in [2.24, 2.45) is 4.99 Å². The van der Waals surface area contributed by atoms with Gasteiger partial charge in [0.05, 0.1) is 0 Å². The van der Waals surface area contributed by atoms with Crippen molar-refractivity contribution in [3.63, 3.8) is 0 Å². The van der Waals surface area contributed by atoms with E-state index in [0.29, 0.717) is 12.3 Å². The maximum absolute atomic E-state index is 14.2. The van der Waals surface area contributed by atoms with Crippen LogP contribution in [0.1, 0.15) is 48.6 Å². The average molecular weight is 548 g/mol. The number of carbonyl (C=O) groups excluding carboxylic acids is 1. The van der Waals surface area contributed by atoms with Crippen molar-refractivity contribution < 1.29 is 9.18 Å². The summed E-state index contributed by atoms with van der Waals surface area (Å²) in [7, 11) is 1.81. The predicted octanol–water partition coefficient (Wildman–Crippen LogP) is 4.49. The van der Waals surface area contributed by atoms with E-state index < -0.39 is 0 Å². The average Bonchev–Trinajstić information content (AvgIpc) is 3.27. The number of hydrogen-bond acceptors (Lipinski definition) is 2. The van der Waals surface area contributed by atoms with E-state index in [0.717, 1.165) is 50.4 Å². The van der Waals surface area contributed by atoms with Gasteiger partial charge < -0.3 is 15.1 Å². The number of rotatable bonds is 5. The van der Waals surface area contributed by atoms with Gasteiger partial charge in [-0.3, -0.25) is 9.79 Å². The molecule has 0 bridgehead atoms. The molecular formula is C25H30FIN4O. The highest BCUT2D eigenvalue weighted by Gasteiger charge is 2.42. The molecule has 5 rings (SSSR count). The topological polar surface area (TPSA) is 47.9 Å². The first kappa shape index (κ1) is 23.0. The van der Waals surface area contributed by atoms with Crippen molar-refractivity contribution in [1.29, 1.82) is 0 Å². The summed E-state index contributed by atoms with van der Waals surface area (Å²) >= 11 is 0. The van der Waals surface area contributed by atoms with Gasteiger partial charge in [0.2, 0.25) is 5.91 Å². The summed E-state index contributed by atoms with van der Waals surface area (Å²) in [5.74, 6) is 1.55. The fourth-order valence-electron chi connectivity index (χ4n) is 5.10. The van der Waals surface area contributed by atoms with E-state index in [2.05, 4.69) is 39.5 Å². The third kappa shape index (κ3) is 4.49. The molecule has 1 N–H and O–H groups in total. The molecule has 5 nitrogen and oxygen atoms in total. The molecule has 3 atom stereocenters. The van der Waals surface area contributed by atoms with Crippen molar-refractivity contribution in [3.8, 4) is 0 Å². The van der Waals surface area contributed by atoms with Crippen LogP contribution in [0.4, 0.5) is 10.1 Å². The standard InChI is InChI=1S/C25H29FN4O.HI/c1-27-25(28-22-15-20(22)19-8-2-4-9-21(19)26)30-16-17(18-7-3-5-10-23(18)30)12-14-29-13-6-11-24(29)31;/h2-5,7-10,17,20,22H,6,11-16H2,1H3,(H,27,28);1H. The van der Waals surface area contributed by atoms with Crippen molar-refractivity contribution in [1.82, 2.24) is 10.2 Å². The number of likely N-dealkylation sites (tertiary alicyclic amines) is 1. The van der Waals surface area contributed by atoms with Crippen LogP contribution in [0.15, 0.2) is 53.5 Å². The number of para-hydroxylation sites is 1. The lowest BCUT2D eigenvalue weighted by Gasteiger charge is -2.23. The van der Waals surface area contributed by atoms with Crippen molar-refractivity contribution >= 4 is 41.5 Å². The fourth-order valence-corrected chi connectivity index (χ4v) is 5.10. The molecule has 1 aliphatic carbocycles. The van der Waals surface area contributed by atoms with Gasteiger partial charge in [-0.25, -0.2) is 4.39 Å². The minimum absolute atomic E-state index is 0. The van der Waals surface area contributed by atoms with Gasteiger partial charge in [0.25, 0.3) is 0 Å². The summed E-state index contributed by atoms with van der Waals surface area (Å²) in [5, 5.41) is 3.57. The molecule has 2 aliphatic heterocycles. The van der Waals surface area contributed by atoms with Gasteiger partial charge in [0.15, 0.2) is 5.96 Å². The molecule has 170 valence electrons. The molecule has 32 heavy (non-hydrogen) atoms. The number of amides is 1. The number of fused-ring (bicyclic) bond motifs is 1. The van der Waals surface area contributed by atoms with Gasteiger partial charge >= 0.3 is 0 Å². The quantitative estimate of drug-likeness (QED) is 0.341. The Morgan fingerprint density at radius 1 is 1.16 bits per heavy atom. The third-order valence-corrected chi connectivity index (χ3v) is 6.87. The van der Waals surface area contributed by atoms with Crippen LogP contribution in [-0.2, 0) is 4.79 Å². The van der Waals surface area contributed by atoms with E-state index in [9.17, 15) is 9.18 Å². The van der Waals surface area contributed by atoms with Gasteiger partial charge in [-0.05, 0) is 42.5 Å². The van der Waals surface area contributed by atoms with Crippen molar-refractivity contribution in [2.45, 2.75) is 43.6 Å². The highest BCUT2D eigenvalue weighted by atomic mass is 127. The highest BCUT2D eigenvalue weighted by Crippen LogP contribution is 2.43. The molecule has 3 aliphatic rings. The minimum Gasteiger partial charge on any atom is -0.353 e. The number of aliphatic imine (C=N–C) groups is 1. The lowest BCUT2D eigenvalue weighted by atomic mass is 9.98. The number of carbonyl (C=O) groups is 1. The van der Waals surface area contributed by atoms with Crippen LogP contribution in [0.25, 0.3) is 0 Å². The van der Waals surface area contributed by atoms with Crippen molar-refractivity contribution in [3.05, 3.63) is 65.5 Å². The molecule has 2 aromatic carbocycles. The Morgan fingerprint density at radius 2 is 1.91 bits per heavy atom. The Kier molecular flexibility index (Phi) is 7.02. The van der Waals surface area contributed by atoms with Crippen molar-refractivity contribution in [2.75, 3.05) is 31.6 Å². The zero-order chi connectivity index (χ0) is 21.4. The maximum atomic E-state index is 14.2. The third-order valence-electron chi connectivity index (χ3n) is 6.87. The zero-order valence-corrected chi connectivity index (χ0v) is 20.7. The molecule has 2 fully saturated rings. The van der Waals surface area contributed by atoms with E-state index >= 15 is 0 Å². The molecule has 2 aromatic rings. The van der Waals surface area contributed by atoms with Gasteiger partial charge in [-0.15, -0.1) is 24.0 Å². The van der Waals surface area contributed by atoms with Crippen LogP contribution in [0.5, 0.6) is 0 Å². The molecule has 3 unspecified atom stereocenters. The Morgan fingerprint density at radius 3 is 2.62 bits per heavy atom. The molecule has 1 amide bonds. The first-order chi connectivity index (χ1) is 15.2. The lowest BCUT2D eigenvalue weighted by Crippen LogP contribution is -2.42. The number of anilines is 1. The summed E-state index contributed by atoms with van der Waals surface area (Å²) in [4.78, 5) is 20.8. The van der Waals surface area contributed by atoms with E-state index in [1.54, 1.807) is 6.07 Å². The smallest absolute Gasteiger partial charge is 0.222 e.